The van der Waals surface area contributed by atoms with Crippen molar-refractivity contribution < 1.29 is 4.79 Å². The van der Waals surface area contributed by atoms with Crippen molar-refractivity contribution in [3.63, 3.8) is 0 Å². The second-order valence-electron chi connectivity index (χ2n) is 6.93. The van der Waals surface area contributed by atoms with Crippen LogP contribution in [0.3, 0.4) is 0 Å². The molecule has 0 spiro atoms. The lowest BCUT2D eigenvalue weighted by molar-refractivity contribution is -0.121. The minimum Gasteiger partial charge on any atom is -0.325 e. The normalized spacial score (nSPS) is 15.8. The third kappa shape index (κ3) is 3.68. The molecule has 0 bridgehead atoms. The van der Waals surface area contributed by atoms with Crippen LogP contribution in [0.1, 0.15) is 43.4 Å². The van der Waals surface area contributed by atoms with Gasteiger partial charge in [0.25, 0.3) is 0 Å². The molecule has 0 fully saturated rings. The summed E-state index contributed by atoms with van der Waals surface area (Å²) in [5.74, 6) is 0.564. The molecule has 1 unspecified atom stereocenters. The second-order valence-corrected chi connectivity index (χ2v) is 6.93. The van der Waals surface area contributed by atoms with Crippen LogP contribution in [0.2, 0.25) is 0 Å². The third-order valence-corrected chi connectivity index (χ3v) is 4.93. The number of carbonyl (C=O) groups is 1. The van der Waals surface area contributed by atoms with Gasteiger partial charge in [0.05, 0.1) is 6.04 Å². The molecule has 3 rings (SSSR count). The summed E-state index contributed by atoms with van der Waals surface area (Å²) in [6.07, 6.45) is 1.01. The maximum atomic E-state index is 12.6. The molecule has 0 radical (unpaired) electrons. The highest BCUT2D eigenvalue weighted by atomic mass is 16.2. The summed E-state index contributed by atoms with van der Waals surface area (Å²) in [5, 5.41) is 3.05. The van der Waals surface area contributed by atoms with Crippen LogP contribution < -0.4 is 5.32 Å². The first-order valence-corrected chi connectivity index (χ1v) is 8.76. The zero-order valence-corrected chi connectivity index (χ0v) is 14.8. The van der Waals surface area contributed by atoms with Crippen molar-refractivity contribution in [3.8, 4) is 0 Å². The van der Waals surface area contributed by atoms with Crippen LogP contribution in [-0.2, 0) is 17.8 Å². The van der Waals surface area contributed by atoms with E-state index in [2.05, 4.69) is 60.5 Å². The predicted molar refractivity (Wildman–Crippen MR) is 99.2 cm³/mol. The monoisotopic (exact) mass is 322 g/mol. The predicted octanol–water partition coefficient (Wildman–Crippen LogP) is 4.20. The lowest BCUT2D eigenvalue weighted by Crippen LogP contribution is -2.44. The van der Waals surface area contributed by atoms with Crippen LogP contribution in [-0.4, -0.2) is 23.4 Å². The van der Waals surface area contributed by atoms with E-state index in [1.54, 1.807) is 0 Å². The molecule has 1 N–H and O–H groups in total. The minimum absolute atomic E-state index is 0.0617. The molecule has 1 aliphatic rings. The van der Waals surface area contributed by atoms with Crippen molar-refractivity contribution in [2.24, 2.45) is 0 Å². The molecule has 3 nitrogen and oxygen atoms in total. The Labute approximate surface area is 144 Å². The summed E-state index contributed by atoms with van der Waals surface area (Å²) in [5.41, 5.74) is 4.90. The van der Waals surface area contributed by atoms with Gasteiger partial charge in [-0.15, -0.1) is 0 Å². The van der Waals surface area contributed by atoms with E-state index in [1.165, 1.54) is 16.7 Å². The molecule has 0 saturated heterocycles. The zero-order chi connectivity index (χ0) is 17.1. The average Bonchev–Trinajstić information content (AvgIpc) is 2.61. The molecule has 2 aromatic carbocycles. The molecular formula is C21H26N2O. The van der Waals surface area contributed by atoms with Crippen molar-refractivity contribution in [1.82, 2.24) is 4.90 Å². The first-order valence-electron chi connectivity index (χ1n) is 8.76. The first kappa shape index (κ1) is 16.7. The number of anilines is 1. The summed E-state index contributed by atoms with van der Waals surface area (Å²) in [7, 11) is 0. The van der Waals surface area contributed by atoms with Gasteiger partial charge in [0.1, 0.15) is 0 Å². The molecule has 0 aliphatic carbocycles. The van der Waals surface area contributed by atoms with E-state index in [0.717, 1.165) is 25.2 Å². The molecule has 2 aromatic rings. The third-order valence-electron chi connectivity index (χ3n) is 4.93. The van der Waals surface area contributed by atoms with Crippen molar-refractivity contribution in [2.75, 3.05) is 11.9 Å². The van der Waals surface area contributed by atoms with Gasteiger partial charge < -0.3 is 5.32 Å². The standard InChI is InChI=1S/C21H26N2O/c1-15(2)17-8-10-20(11-9-17)22-21(24)16(3)23-13-12-18-6-4-5-7-19(18)14-23/h4-11,15-16H,12-14H2,1-3H3,(H,22,24). The summed E-state index contributed by atoms with van der Waals surface area (Å²) >= 11 is 0. The molecule has 1 amide bonds. The molecule has 0 saturated carbocycles. The SMILES string of the molecule is CC(C)c1ccc(NC(=O)C(C)N2CCc3ccccc3C2)cc1. The number of hydrogen-bond donors (Lipinski definition) is 1. The maximum Gasteiger partial charge on any atom is 0.241 e. The smallest absolute Gasteiger partial charge is 0.241 e. The Morgan fingerprint density at radius 3 is 2.33 bits per heavy atom. The summed E-state index contributed by atoms with van der Waals surface area (Å²) in [6.45, 7) is 8.11. The molecule has 1 aliphatic heterocycles. The fourth-order valence-corrected chi connectivity index (χ4v) is 3.21. The largest absolute Gasteiger partial charge is 0.325 e. The van der Waals surface area contributed by atoms with E-state index in [-0.39, 0.29) is 11.9 Å². The number of benzene rings is 2. The Hall–Kier alpha value is -2.13. The highest BCUT2D eigenvalue weighted by molar-refractivity contribution is 5.94. The van der Waals surface area contributed by atoms with Crippen molar-refractivity contribution in [1.29, 1.82) is 0 Å². The van der Waals surface area contributed by atoms with E-state index >= 15 is 0 Å². The number of amides is 1. The number of rotatable bonds is 4. The number of nitrogens with one attached hydrogen (secondary N) is 1. The quantitative estimate of drug-likeness (QED) is 0.915. The zero-order valence-electron chi connectivity index (χ0n) is 14.8. The van der Waals surface area contributed by atoms with Crippen LogP contribution in [0.25, 0.3) is 0 Å². The van der Waals surface area contributed by atoms with E-state index in [0.29, 0.717) is 5.92 Å². The molecule has 1 heterocycles. The van der Waals surface area contributed by atoms with Gasteiger partial charge in [0.15, 0.2) is 0 Å². The number of carbonyl (C=O) groups excluding carboxylic acids is 1. The molecule has 126 valence electrons. The molecule has 24 heavy (non-hydrogen) atoms. The van der Waals surface area contributed by atoms with Gasteiger partial charge in [-0.2, -0.15) is 0 Å². The Balaban J connectivity index is 1.63. The van der Waals surface area contributed by atoms with Crippen molar-refractivity contribution in [2.45, 2.75) is 45.7 Å². The van der Waals surface area contributed by atoms with Gasteiger partial charge in [-0.25, -0.2) is 0 Å². The van der Waals surface area contributed by atoms with Gasteiger partial charge >= 0.3 is 0 Å². The Morgan fingerprint density at radius 1 is 1.00 bits per heavy atom. The Kier molecular flexibility index (Phi) is 5.00. The van der Waals surface area contributed by atoms with Gasteiger partial charge in [-0.3, -0.25) is 9.69 Å². The van der Waals surface area contributed by atoms with E-state index < -0.39 is 0 Å². The fraction of sp³-hybridized carbons (Fsp3) is 0.381. The Morgan fingerprint density at radius 2 is 1.67 bits per heavy atom. The van der Waals surface area contributed by atoms with E-state index in [4.69, 9.17) is 0 Å². The lowest BCUT2D eigenvalue weighted by atomic mass is 9.98. The van der Waals surface area contributed by atoms with Gasteiger partial charge in [0.2, 0.25) is 5.91 Å². The Bertz CT molecular complexity index is 706. The maximum absolute atomic E-state index is 12.6. The van der Waals surface area contributed by atoms with Crippen molar-refractivity contribution >= 4 is 11.6 Å². The van der Waals surface area contributed by atoms with Crippen LogP contribution in [0.15, 0.2) is 48.5 Å². The van der Waals surface area contributed by atoms with Crippen molar-refractivity contribution in [3.05, 3.63) is 65.2 Å². The molecule has 0 aromatic heterocycles. The first-order chi connectivity index (χ1) is 11.5. The lowest BCUT2D eigenvalue weighted by Gasteiger charge is -2.32. The van der Waals surface area contributed by atoms with Crippen LogP contribution >= 0.6 is 0 Å². The van der Waals surface area contributed by atoms with Gasteiger partial charge in [-0.05, 0) is 48.1 Å². The summed E-state index contributed by atoms with van der Waals surface area (Å²) in [6, 6.07) is 16.5. The summed E-state index contributed by atoms with van der Waals surface area (Å²) in [4.78, 5) is 14.8. The number of hydrogen-bond acceptors (Lipinski definition) is 2. The number of nitrogens with zero attached hydrogens (tertiary/aromatic N) is 1. The second kappa shape index (κ2) is 7.18. The van der Waals surface area contributed by atoms with Gasteiger partial charge in [0, 0.05) is 18.8 Å². The van der Waals surface area contributed by atoms with Crippen LogP contribution in [0.5, 0.6) is 0 Å². The minimum atomic E-state index is -0.136. The van der Waals surface area contributed by atoms with Gasteiger partial charge in [-0.1, -0.05) is 50.2 Å². The topological polar surface area (TPSA) is 32.3 Å². The highest BCUT2D eigenvalue weighted by Gasteiger charge is 2.25. The fourth-order valence-electron chi connectivity index (χ4n) is 3.21. The van der Waals surface area contributed by atoms with E-state index in [9.17, 15) is 4.79 Å². The van der Waals surface area contributed by atoms with Crippen LogP contribution in [0, 0.1) is 0 Å². The molecule has 3 heteroatoms. The average molecular weight is 322 g/mol. The van der Waals surface area contributed by atoms with Crippen LogP contribution in [0.4, 0.5) is 5.69 Å². The highest BCUT2D eigenvalue weighted by Crippen LogP contribution is 2.21. The van der Waals surface area contributed by atoms with E-state index in [1.807, 2.05) is 19.1 Å². The molecular weight excluding hydrogens is 296 g/mol. The number of fused-ring (bicyclic) bond motifs is 1. The molecule has 1 atom stereocenters. The summed E-state index contributed by atoms with van der Waals surface area (Å²) < 4.78 is 0.